The number of hydrogen-bond acceptors (Lipinski definition) is 5. The molecule has 5 atom stereocenters. The molecule has 2 saturated heterocycles. The van der Waals surface area contributed by atoms with Gasteiger partial charge in [0.2, 0.25) is 17.7 Å². The Morgan fingerprint density at radius 3 is 2.58 bits per heavy atom. The maximum absolute atomic E-state index is 14.3. The van der Waals surface area contributed by atoms with Crippen LogP contribution in [0.4, 0.5) is 0 Å². The molecule has 2 aromatic rings. The number of carbonyl (C=O) groups excluding carboxylic acids is 3. The second-order valence-corrected chi connectivity index (χ2v) is 12.5. The summed E-state index contributed by atoms with van der Waals surface area (Å²) in [6.45, 7) is 2.16. The lowest BCUT2D eigenvalue weighted by atomic mass is 9.79. The van der Waals surface area contributed by atoms with Crippen molar-refractivity contribution < 1.29 is 14.4 Å². The molecule has 5 rings (SSSR count). The van der Waals surface area contributed by atoms with Crippen molar-refractivity contribution in [1.29, 1.82) is 0 Å². The molecule has 2 aliphatic heterocycles. The van der Waals surface area contributed by atoms with E-state index in [4.69, 9.17) is 0 Å². The maximum atomic E-state index is 14.3. The van der Waals surface area contributed by atoms with Gasteiger partial charge in [-0.15, -0.1) is 24.2 Å². The third kappa shape index (κ3) is 6.50. The normalized spacial score (nSPS) is 26.5. The van der Waals surface area contributed by atoms with E-state index in [9.17, 15) is 14.4 Å². The third-order valence-corrected chi connectivity index (χ3v) is 10.00. The van der Waals surface area contributed by atoms with Crippen LogP contribution in [-0.4, -0.2) is 59.4 Å². The molecule has 0 saturated carbocycles. The van der Waals surface area contributed by atoms with E-state index >= 15 is 0 Å². The average Bonchev–Trinajstić information content (AvgIpc) is 3.29. The van der Waals surface area contributed by atoms with Gasteiger partial charge in [0, 0.05) is 6.54 Å². The highest BCUT2D eigenvalue weighted by molar-refractivity contribution is 7.99. The van der Waals surface area contributed by atoms with Gasteiger partial charge in [-0.05, 0) is 81.4 Å². The van der Waals surface area contributed by atoms with Crippen LogP contribution in [-0.2, 0) is 27.2 Å². The Balaban J connectivity index is 0.00000370. The number of halogens is 1. The van der Waals surface area contributed by atoms with Crippen LogP contribution in [0.5, 0.6) is 0 Å². The third-order valence-electron chi connectivity index (χ3n) is 8.72. The fraction of sp³-hybridized carbons (Fsp3) is 0.516. The van der Waals surface area contributed by atoms with Gasteiger partial charge < -0.3 is 20.9 Å². The van der Waals surface area contributed by atoms with Crippen molar-refractivity contribution in [3.8, 4) is 0 Å². The van der Waals surface area contributed by atoms with E-state index < -0.39 is 11.5 Å². The molecule has 0 radical (unpaired) electrons. The minimum Gasteiger partial charge on any atom is -0.349 e. The van der Waals surface area contributed by atoms with Crippen molar-refractivity contribution in [2.75, 3.05) is 19.3 Å². The molecule has 9 heteroatoms. The van der Waals surface area contributed by atoms with Crippen molar-refractivity contribution in [2.24, 2.45) is 5.41 Å². The maximum Gasteiger partial charge on any atom is 0.246 e. The molecule has 40 heavy (non-hydrogen) atoms. The summed E-state index contributed by atoms with van der Waals surface area (Å²) >= 11 is 1.74. The van der Waals surface area contributed by atoms with E-state index in [-0.39, 0.29) is 47.6 Å². The van der Waals surface area contributed by atoms with Crippen LogP contribution in [0.15, 0.2) is 54.6 Å². The first-order valence-corrected chi connectivity index (χ1v) is 15.3. The smallest absolute Gasteiger partial charge is 0.246 e. The molecule has 7 nitrogen and oxygen atoms in total. The van der Waals surface area contributed by atoms with Gasteiger partial charge in [-0.25, -0.2) is 0 Å². The van der Waals surface area contributed by atoms with Crippen LogP contribution in [0.3, 0.4) is 0 Å². The van der Waals surface area contributed by atoms with Gasteiger partial charge in [-0.3, -0.25) is 14.4 Å². The van der Waals surface area contributed by atoms with E-state index in [1.54, 1.807) is 25.7 Å². The highest BCUT2D eigenvalue weighted by Gasteiger charge is 2.52. The van der Waals surface area contributed by atoms with Crippen LogP contribution < -0.4 is 16.0 Å². The Labute approximate surface area is 248 Å². The molecule has 2 unspecified atom stereocenters. The Kier molecular flexibility index (Phi) is 10.2. The highest BCUT2D eigenvalue weighted by Crippen LogP contribution is 2.45. The number of nitrogens with one attached hydrogen (secondary N) is 3. The second-order valence-electron chi connectivity index (χ2n) is 11.2. The molecule has 0 spiro atoms. The number of rotatable bonds is 8. The van der Waals surface area contributed by atoms with E-state index in [0.717, 1.165) is 31.4 Å². The number of likely N-dealkylation sites (N-methyl/N-ethyl adjacent to an activating group) is 1. The highest BCUT2D eigenvalue weighted by atomic mass is 35.5. The van der Waals surface area contributed by atoms with Crippen molar-refractivity contribution in [3.63, 3.8) is 0 Å². The Bertz CT molecular complexity index is 1200. The lowest BCUT2D eigenvalue weighted by molar-refractivity contribution is -0.138. The quantitative estimate of drug-likeness (QED) is 0.436. The van der Waals surface area contributed by atoms with Crippen molar-refractivity contribution in [1.82, 2.24) is 20.9 Å². The topological polar surface area (TPSA) is 90.5 Å². The molecule has 3 N–H and O–H groups in total. The molecule has 2 heterocycles. The van der Waals surface area contributed by atoms with Crippen molar-refractivity contribution in [3.05, 3.63) is 71.3 Å². The number of carbonyl (C=O) groups is 3. The van der Waals surface area contributed by atoms with Crippen molar-refractivity contribution in [2.45, 2.75) is 75.4 Å². The van der Waals surface area contributed by atoms with Crippen LogP contribution in [0, 0.1) is 5.41 Å². The van der Waals surface area contributed by atoms with Gasteiger partial charge in [0.25, 0.3) is 0 Å². The zero-order valence-corrected chi connectivity index (χ0v) is 25.0. The summed E-state index contributed by atoms with van der Waals surface area (Å²) in [6.07, 6.45) is 5.69. The van der Waals surface area contributed by atoms with Crippen molar-refractivity contribution >= 4 is 41.9 Å². The first kappa shape index (κ1) is 30.4. The predicted molar refractivity (Wildman–Crippen MR) is 162 cm³/mol. The molecule has 3 amide bonds. The average molecular weight is 585 g/mol. The van der Waals surface area contributed by atoms with Crippen LogP contribution >= 0.6 is 24.2 Å². The van der Waals surface area contributed by atoms with Gasteiger partial charge in [-0.1, -0.05) is 54.6 Å². The van der Waals surface area contributed by atoms with Crippen LogP contribution in [0.2, 0.25) is 0 Å². The fourth-order valence-electron chi connectivity index (χ4n) is 6.22. The number of thioether (sulfide) groups is 1. The standard InChI is InChI=1S/C31H40N4O3S.ClH/c1-21(32-2)28(36)33-26-16-18-39-27-19-31(20-35(27)29(26)37,17-15-22-9-4-3-5-10-22)30(38)34-25-14-8-12-23-11-6-7-13-24(23)25;/h3-7,9-11,13,21,25-27,32H,8,12,14-20H2,1-2H3,(H,33,36)(H,34,38);1H/t21?,25-,26+,27+,31?;/m1./s1. The molecular formula is C31H41ClN4O3S. The zero-order valence-electron chi connectivity index (χ0n) is 23.4. The summed E-state index contributed by atoms with van der Waals surface area (Å²) in [5.41, 5.74) is 3.04. The Hall–Kier alpha value is -2.55. The number of hydrogen-bond donors (Lipinski definition) is 3. The summed E-state index contributed by atoms with van der Waals surface area (Å²) in [7, 11) is 1.73. The van der Waals surface area contributed by atoms with Gasteiger partial charge in [0.1, 0.15) is 6.04 Å². The van der Waals surface area contributed by atoms with Gasteiger partial charge >= 0.3 is 0 Å². The van der Waals surface area contributed by atoms with E-state index in [1.165, 1.54) is 16.7 Å². The number of aryl methyl sites for hydroxylation is 2. The van der Waals surface area contributed by atoms with Gasteiger partial charge in [0.15, 0.2) is 0 Å². The SMILES string of the molecule is CNC(C)C(=O)N[C@H]1CCS[C@H]2CC(CCc3ccccc3)(C(=O)N[C@@H]3CCCc4ccccc43)CN2C1=O.Cl. The molecule has 3 aliphatic rings. The number of benzene rings is 2. The molecular weight excluding hydrogens is 544 g/mol. The Morgan fingerprint density at radius 2 is 1.80 bits per heavy atom. The first-order chi connectivity index (χ1) is 18.9. The summed E-state index contributed by atoms with van der Waals surface area (Å²) < 4.78 is 0. The fourth-order valence-corrected chi connectivity index (χ4v) is 7.65. The second kappa shape index (κ2) is 13.4. The van der Waals surface area contributed by atoms with E-state index in [2.05, 4.69) is 46.3 Å². The molecule has 0 aromatic heterocycles. The lowest BCUT2D eigenvalue weighted by Gasteiger charge is -2.33. The Morgan fingerprint density at radius 1 is 1.05 bits per heavy atom. The minimum atomic E-state index is -0.681. The predicted octanol–water partition coefficient (Wildman–Crippen LogP) is 4.01. The van der Waals surface area contributed by atoms with Crippen LogP contribution in [0.1, 0.15) is 61.8 Å². The molecule has 2 aromatic carbocycles. The van der Waals surface area contributed by atoms with Gasteiger partial charge in [0.05, 0.1) is 22.9 Å². The summed E-state index contributed by atoms with van der Waals surface area (Å²) in [5, 5.41) is 9.27. The number of amides is 3. The summed E-state index contributed by atoms with van der Waals surface area (Å²) in [5.74, 6) is 0.561. The van der Waals surface area contributed by atoms with E-state index in [1.807, 2.05) is 29.2 Å². The lowest BCUT2D eigenvalue weighted by Crippen LogP contribution is -2.53. The summed E-state index contributed by atoms with van der Waals surface area (Å²) in [4.78, 5) is 42.5. The molecule has 216 valence electrons. The van der Waals surface area contributed by atoms with Crippen LogP contribution in [0.25, 0.3) is 0 Å². The largest absolute Gasteiger partial charge is 0.349 e. The summed E-state index contributed by atoms with van der Waals surface area (Å²) in [6, 6.07) is 17.7. The molecule has 0 bridgehead atoms. The minimum absolute atomic E-state index is 0. The van der Waals surface area contributed by atoms with E-state index in [0.29, 0.717) is 25.8 Å². The monoisotopic (exact) mass is 584 g/mol. The van der Waals surface area contributed by atoms with Gasteiger partial charge in [-0.2, -0.15) is 0 Å². The number of nitrogens with zero attached hydrogens (tertiary/aromatic N) is 1. The zero-order chi connectivity index (χ0) is 27.4. The number of fused-ring (bicyclic) bond motifs is 2. The molecule has 2 fully saturated rings. The molecule has 1 aliphatic carbocycles. The first-order valence-electron chi connectivity index (χ1n) is 14.2.